The van der Waals surface area contributed by atoms with Crippen molar-refractivity contribution >= 4 is 0 Å². The van der Waals surface area contributed by atoms with E-state index in [1.165, 1.54) is 12.1 Å². The van der Waals surface area contributed by atoms with E-state index < -0.39 is 40.3 Å². The molecule has 9 heteroatoms. The van der Waals surface area contributed by atoms with Gasteiger partial charge in [-0.05, 0) is 60.7 Å². The summed E-state index contributed by atoms with van der Waals surface area (Å²) in [5.41, 5.74) is -3.27. The molecule has 3 aliphatic rings. The Morgan fingerprint density at radius 2 is 1.47 bits per heavy atom. The summed E-state index contributed by atoms with van der Waals surface area (Å²) in [6.45, 7) is 0.936. The van der Waals surface area contributed by atoms with E-state index >= 15 is 0 Å². The highest BCUT2D eigenvalue weighted by molar-refractivity contribution is 5.45. The maximum atomic E-state index is 13.4. The van der Waals surface area contributed by atoms with Crippen molar-refractivity contribution in [2.45, 2.75) is 48.7 Å². The first-order valence-electron chi connectivity index (χ1n) is 10.4. The molecule has 1 spiro atoms. The molecule has 2 aliphatic carbocycles. The van der Waals surface area contributed by atoms with Crippen molar-refractivity contribution < 1.29 is 35.5 Å². The maximum Gasteiger partial charge on any atom is 0.416 e. The van der Waals surface area contributed by atoms with Gasteiger partial charge in [0.1, 0.15) is 5.82 Å². The number of hydrogen-bond acceptors (Lipinski definition) is 2. The third-order valence-corrected chi connectivity index (χ3v) is 7.08. The second kappa shape index (κ2) is 6.93. The zero-order chi connectivity index (χ0) is 22.9. The van der Waals surface area contributed by atoms with Gasteiger partial charge in [-0.1, -0.05) is 12.1 Å². The normalized spacial score (nSPS) is 29.2. The fourth-order valence-corrected chi connectivity index (χ4v) is 5.37. The molecule has 1 saturated heterocycles. The maximum absolute atomic E-state index is 13.4. The van der Waals surface area contributed by atoms with Crippen LogP contribution in [0.4, 0.5) is 30.7 Å². The molecule has 32 heavy (non-hydrogen) atoms. The average molecular weight is 459 g/mol. The Morgan fingerprint density at radius 1 is 0.875 bits per heavy atom. The molecule has 1 unspecified atom stereocenters. The first-order valence-corrected chi connectivity index (χ1v) is 10.4. The molecule has 5 rings (SSSR count). The zero-order valence-corrected chi connectivity index (χ0v) is 16.8. The van der Waals surface area contributed by atoms with E-state index in [0.717, 1.165) is 17.7 Å². The van der Waals surface area contributed by atoms with Gasteiger partial charge in [0.25, 0.3) is 0 Å². The Bertz CT molecular complexity index is 994. The lowest BCUT2D eigenvalue weighted by Gasteiger charge is -2.36. The predicted octanol–water partition coefficient (Wildman–Crippen LogP) is 6.01. The molecule has 0 radical (unpaired) electrons. The lowest BCUT2D eigenvalue weighted by Crippen LogP contribution is -2.46. The van der Waals surface area contributed by atoms with Gasteiger partial charge in [0.2, 0.25) is 0 Å². The summed E-state index contributed by atoms with van der Waals surface area (Å²) in [7, 11) is 0. The molecule has 0 amide bonds. The smallest absolute Gasteiger partial charge is 0.371 e. The van der Waals surface area contributed by atoms with Crippen molar-refractivity contribution in [3.63, 3.8) is 0 Å². The Labute approximate surface area is 179 Å². The average Bonchev–Trinajstić information content (AvgIpc) is 3.64. The third kappa shape index (κ3) is 3.50. The van der Waals surface area contributed by atoms with Crippen molar-refractivity contribution in [3.05, 3.63) is 70.5 Å². The van der Waals surface area contributed by atoms with Crippen LogP contribution >= 0.6 is 0 Å². The van der Waals surface area contributed by atoms with Gasteiger partial charge in [-0.3, -0.25) is 0 Å². The van der Waals surface area contributed by atoms with Crippen LogP contribution < -0.4 is 5.32 Å². The molecule has 172 valence electrons. The Kier molecular flexibility index (Phi) is 4.70. The topological polar surface area (TPSA) is 21.3 Å². The molecule has 2 saturated carbocycles. The van der Waals surface area contributed by atoms with Crippen molar-refractivity contribution in [1.29, 1.82) is 0 Å². The molecule has 0 aromatic heterocycles. The Hall–Kier alpha value is -2.13. The summed E-state index contributed by atoms with van der Waals surface area (Å²) < 4.78 is 99.9. The number of benzene rings is 2. The first kappa shape index (κ1) is 21.7. The van der Waals surface area contributed by atoms with E-state index in [9.17, 15) is 30.7 Å². The largest absolute Gasteiger partial charge is 0.416 e. The minimum Gasteiger partial charge on any atom is -0.371 e. The van der Waals surface area contributed by atoms with Gasteiger partial charge < -0.3 is 10.1 Å². The fourth-order valence-electron chi connectivity index (χ4n) is 5.37. The lowest BCUT2D eigenvalue weighted by atomic mass is 9.84. The van der Waals surface area contributed by atoms with Crippen LogP contribution in [-0.2, 0) is 22.5 Å². The third-order valence-electron chi connectivity index (χ3n) is 7.08. The fraction of sp³-hybridized carbons (Fsp3) is 0.478. The first-order chi connectivity index (χ1) is 15.0. The van der Waals surface area contributed by atoms with Crippen molar-refractivity contribution in [2.24, 2.45) is 5.92 Å². The van der Waals surface area contributed by atoms with Gasteiger partial charge in [-0.15, -0.1) is 0 Å². The second-order valence-electron chi connectivity index (χ2n) is 8.95. The van der Waals surface area contributed by atoms with E-state index in [4.69, 9.17) is 4.74 Å². The van der Waals surface area contributed by atoms with E-state index in [-0.39, 0.29) is 23.6 Å². The number of rotatable bonds is 3. The minimum atomic E-state index is -4.88. The van der Waals surface area contributed by atoms with Crippen molar-refractivity contribution in [1.82, 2.24) is 5.32 Å². The highest BCUT2D eigenvalue weighted by Crippen LogP contribution is 2.71. The van der Waals surface area contributed by atoms with Gasteiger partial charge in [0, 0.05) is 17.9 Å². The van der Waals surface area contributed by atoms with Crippen LogP contribution in [-0.4, -0.2) is 18.8 Å². The summed E-state index contributed by atoms with van der Waals surface area (Å²) in [5, 5.41) is 3.35. The molecule has 3 fully saturated rings. The highest BCUT2D eigenvalue weighted by Gasteiger charge is 2.72. The minimum absolute atomic E-state index is 0.0635. The molecule has 1 heterocycles. The molecule has 3 atom stereocenters. The van der Waals surface area contributed by atoms with Crippen molar-refractivity contribution in [3.8, 4) is 0 Å². The number of halogens is 7. The van der Waals surface area contributed by atoms with E-state index in [1.807, 2.05) is 0 Å². The van der Waals surface area contributed by atoms with Crippen LogP contribution in [0.15, 0.2) is 42.5 Å². The van der Waals surface area contributed by atoms with Crippen LogP contribution in [0.1, 0.15) is 47.6 Å². The van der Waals surface area contributed by atoms with Gasteiger partial charge in [-0.25, -0.2) is 4.39 Å². The van der Waals surface area contributed by atoms with Crippen LogP contribution in [0.5, 0.6) is 0 Å². The predicted molar refractivity (Wildman–Crippen MR) is 101 cm³/mol. The number of nitrogens with one attached hydrogen (secondary N) is 1. The number of ether oxygens (including phenoxy) is 1. The molecule has 1 aliphatic heterocycles. The van der Waals surface area contributed by atoms with E-state index in [2.05, 4.69) is 5.32 Å². The molecule has 2 aromatic carbocycles. The molecule has 1 N–H and O–H groups in total. The number of hydrogen-bond donors (Lipinski definition) is 1. The molecular weight excluding hydrogens is 439 g/mol. The number of morpholine rings is 1. The van der Waals surface area contributed by atoms with Crippen LogP contribution in [0.25, 0.3) is 0 Å². The van der Waals surface area contributed by atoms with Gasteiger partial charge in [-0.2, -0.15) is 26.3 Å². The van der Waals surface area contributed by atoms with Gasteiger partial charge in [0.05, 0.1) is 29.4 Å². The van der Waals surface area contributed by atoms with Crippen LogP contribution in [0.2, 0.25) is 0 Å². The summed E-state index contributed by atoms with van der Waals surface area (Å²) in [4.78, 5) is 0. The summed E-state index contributed by atoms with van der Waals surface area (Å²) in [6.07, 6.45) is -8.26. The van der Waals surface area contributed by atoms with Gasteiger partial charge in [0.15, 0.2) is 0 Å². The molecule has 0 bridgehead atoms. The van der Waals surface area contributed by atoms with Crippen LogP contribution in [0, 0.1) is 11.7 Å². The molecule has 2 aromatic rings. The van der Waals surface area contributed by atoms with Crippen molar-refractivity contribution in [2.75, 3.05) is 13.2 Å². The SMILES string of the molecule is Fc1ccc([C@@H]2NCCOC23C[C@@H]3C2(c3cc(C(F)(F)F)cc(C(F)(F)F)c3)CC2)cc1. The van der Waals surface area contributed by atoms with Crippen LogP contribution in [0.3, 0.4) is 0 Å². The Balaban J connectivity index is 1.53. The summed E-state index contributed by atoms with van der Waals surface area (Å²) in [5.74, 6) is -0.628. The Morgan fingerprint density at radius 3 is 2.00 bits per heavy atom. The molecule has 2 nitrogen and oxygen atoms in total. The quantitative estimate of drug-likeness (QED) is 0.568. The van der Waals surface area contributed by atoms with E-state index in [0.29, 0.717) is 32.4 Å². The highest BCUT2D eigenvalue weighted by atomic mass is 19.4. The summed E-state index contributed by atoms with van der Waals surface area (Å²) >= 11 is 0. The standard InChI is InChI=1S/C23H20F7NO/c24-17-3-1-13(2-4-17)19-21(32-8-7-31-19)12-18(21)20(5-6-20)14-9-15(22(25,26)27)11-16(10-14)23(28,29)30/h1-4,9-11,18-19,31H,5-8,12H2/t18-,19+,21?/m1/s1. The second-order valence-corrected chi connectivity index (χ2v) is 8.95. The molecular formula is C23H20F7NO. The summed E-state index contributed by atoms with van der Waals surface area (Å²) in [6, 6.07) is 7.48. The number of alkyl halides is 6. The zero-order valence-electron chi connectivity index (χ0n) is 16.8. The van der Waals surface area contributed by atoms with E-state index in [1.54, 1.807) is 12.1 Å². The lowest BCUT2D eigenvalue weighted by molar-refractivity contribution is -0.143. The van der Waals surface area contributed by atoms with Gasteiger partial charge >= 0.3 is 12.4 Å². The monoisotopic (exact) mass is 459 g/mol.